The summed E-state index contributed by atoms with van der Waals surface area (Å²) in [6.45, 7) is 4.97. The van der Waals surface area contributed by atoms with E-state index in [0.717, 1.165) is 28.7 Å². The molecule has 4 rings (SSSR count). The molecular weight excluding hydrogens is 412 g/mol. The van der Waals surface area contributed by atoms with Crippen molar-refractivity contribution in [2.45, 2.75) is 33.0 Å². The van der Waals surface area contributed by atoms with E-state index in [1.807, 2.05) is 56.6 Å². The molecule has 6 heteroatoms. The zero-order chi connectivity index (χ0) is 23.2. The molecule has 0 saturated carbocycles. The second kappa shape index (κ2) is 10.1. The lowest BCUT2D eigenvalue weighted by atomic mass is 10.0. The summed E-state index contributed by atoms with van der Waals surface area (Å²) < 4.78 is 2.12. The molecule has 33 heavy (non-hydrogen) atoms. The van der Waals surface area contributed by atoms with Gasteiger partial charge in [-0.15, -0.1) is 0 Å². The van der Waals surface area contributed by atoms with E-state index >= 15 is 0 Å². The van der Waals surface area contributed by atoms with E-state index < -0.39 is 6.04 Å². The molecule has 3 aromatic carbocycles. The van der Waals surface area contributed by atoms with Gasteiger partial charge in [-0.3, -0.25) is 9.59 Å². The number of hydrogen-bond acceptors (Lipinski definition) is 3. The molecule has 1 unspecified atom stereocenters. The average Bonchev–Trinajstić information content (AvgIpc) is 3.25. The number of nitrogens with zero attached hydrogens (tertiary/aromatic N) is 2. The van der Waals surface area contributed by atoms with Gasteiger partial charge in [0.15, 0.2) is 0 Å². The minimum atomic E-state index is -0.605. The first-order valence-corrected chi connectivity index (χ1v) is 11.1. The van der Waals surface area contributed by atoms with Crippen LogP contribution in [-0.4, -0.2) is 27.4 Å². The second-order valence-corrected chi connectivity index (χ2v) is 8.46. The molecule has 2 N–H and O–H groups in total. The predicted molar refractivity (Wildman–Crippen MR) is 130 cm³/mol. The van der Waals surface area contributed by atoms with Crippen LogP contribution in [-0.2, 0) is 17.9 Å². The molecule has 1 aromatic heterocycles. The highest BCUT2D eigenvalue weighted by atomic mass is 16.2. The average molecular weight is 441 g/mol. The highest BCUT2D eigenvalue weighted by Gasteiger charge is 2.24. The van der Waals surface area contributed by atoms with Gasteiger partial charge in [-0.1, -0.05) is 68.4 Å². The Morgan fingerprint density at radius 2 is 1.55 bits per heavy atom. The van der Waals surface area contributed by atoms with E-state index in [0.29, 0.717) is 12.1 Å². The summed E-state index contributed by atoms with van der Waals surface area (Å²) in [5.74, 6) is -0.478. The number of benzene rings is 3. The summed E-state index contributed by atoms with van der Waals surface area (Å²) >= 11 is 0. The van der Waals surface area contributed by atoms with Crippen molar-refractivity contribution in [2.24, 2.45) is 5.92 Å². The third kappa shape index (κ3) is 5.47. The number of aromatic nitrogens is 2. The van der Waals surface area contributed by atoms with Crippen LogP contribution in [0, 0.1) is 5.92 Å². The Kier molecular flexibility index (Phi) is 6.83. The Labute approximate surface area is 193 Å². The molecule has 0 aliphatic rings. The number of carbonyl (C=O) groups is 2. The van der Waals surface area contributed by atoms with Crippen molar-refractivity contribution in [3.63, 3.8) is 0 Å². The molecule has 2 amide bonds. The zero-order valence-corrected chi connectivity index (χ0v) is 18.9. The quantitative estimate of drug-likeness (QED) is 0.432. The number of hydrogen-bond donors (Lipinski definition) is 2. The van der Waals surface area contributed by atoms with Crippen LogP contribution in [0.25, 0.3) is 11.0 Å². The van der Waals surface area contributed by atoms with E-state index in [-0.39, 0.29) is 17.7 Å². The van der Waals surface area contributed by atoms with E-state index in [2.05, 4.69) is 38.4 Å². The fraction of sp³-hybridized carbons (Fsp3) is 0.222. The molecule has 0 bridgehead atoms. The maximum absolute atomic E-state index is 12.8. The molecule has 0 aliphatic carbocycles. The van der Waals surface area contributed by atoms with E-state index in [1.165, 1.54) is 0 Å². The number of nitrogens with one attached hydrogen (secondary N) is 2. The molecule has 0 spiro atoms. The molecule has 168 valence electrons. The Hall–Kier alpha value is -3.93. The van der Waals surface area contributed by atoms with Crippen molar-refractivity contribution in [3.05, 3.63) is 102 Å². The second-order valence-electron chi connectivity index (χ2n) is 8.46. The third-order valence-corrected chi connectivity index (χ3v) is 5.64. The maximum Gasteiger partial charge on any atom is 0.251 e. The van der Waals surface area contributed by atoms with Gasteiger partial charge in [0.05, 0.1) is 17.4 Å². The molecule has 0 fully saturated rings. The Morgan fingerprint density at radius 1 is 0.879 bits per heavy atom. The summed E-state index contributed by atoms with van der Waals surface area (Å²) in [6.07, 6.45) is 1.86. The molecule has 1 atom stereocenters. The number of rotatable bonds is 8. The molecular formula is C27H28N4O2. The van der Waals surface area contributed by atoms with E-state index in [1.54, 1.807) is 24.3 Å². The lowest BCUT2D eigenvalue weighted by Crippen LogP contribution is -2.49. The molecule has 0 aliphatic heterocycles. The Balaban J connectivity index is 1.34. The van der Waals surface area contributed by atoms with Crippen molar-refractivity contribution in [1.29, 1.82) is 0 Å². The largest absolute Gasteiger partial charge is 0.350 e. The molecule has 1 heterocycles. The summed E-state index contributed by atoms with van der Waals surface area (Å²) in [6, 6.07) is 24.5. The highest BCUT2D eigenvalue weighted by Crippen LogP contribution is 2.15. The predicted octanol–water partition coefficient (Wildman–Crippen LogP) is 4.16. The monoisotopic (exact) mass is 440 g/mol. The lowest BCUT2D eigenvalue weighted by Gasteiger charge is -2.22. The van der Waals surface area contributed by atoms with Crippen LogP contribution in [0.1, 0.15) is 35.3 Å². The van der Waals surface area contributed by atoms with Crippen molar-refractivity contribution in [3.8, 4) is 0 Å². The summed E-state index contributed by atoms with van der Waals surface area (Å²) in [7, 11) is 0. The fourth-order valence-electron chi connectivity index (χ4n) is 3.74. The third-order valence-electron chi connectivity index (χ3n) is 5.64. The Bertz CT molecular complexity index is 1230. The fourth-order valence-corrected chi connectivity index (χ4v) is 3.74. The van der Waals surface area contributed by atoms with Crippen molar-refractivity contribution >= 4 is 22.8 Å². The normalized spacial score (nSPS) is 12.0. The minimum absolute atomic E-state index is 0.0370. The summed E-state index contributed by atoms with van der Waals surface area (Å²) in [4.78, 5) is 29.7. The summed E-state index contributed by atoms with van der Waals surface area (Å²) in [5.41, 5.74) is 4.78. The van der Waals surface area contributed by atoms with Gasteiger partial charge in [0.1, 0.15) is 6.04 Å². The van der Waals surface area contributed by atoms with Crippen LogP contribution >= 0.6 is 0 Å². The molecule has 6 nitrogen and oxygen atoms in total. The first-order chi connectivity index (χ1) is 16.0. The van der Waals surface area contributed by atoms with Crippen LogP contribution in [0.2, 0.25) is 0 Å². The zero-order valence-electron chi connectivity index (χ0n) is 18.9. The van der Waals surface area contributed by atoms with Crippen molar-refractivity contribution < 1.29 is 9.59 Å². The van der Waals surface area contributed by atoms with Crippen LogP contribution in [0.4, 0.5) is 0 Å². The van der Waals surface area contributed by atoms with Crippen LogP contribution in [0.15, 0.2) is 85.2 Å². The minimum Gasteiger partial charge on any atom is -0.350 e. The highest BCUT2D eigenvalue weighted by molar-refractivity contribution is 5.97. The Morgan fingerprint density at radius 3 is 2.27 bits per heavy atom. The number of imidazole rings is 1. The van der Waals surface area contributed by atoms with E-state index in [4.69, 9.17) is 0 Å². The maximum atomic E-state index is 12.8. The number of para-hydroxylation sites is 2. The van der Waals surface area contributed by atoms with Gasteiger partial charge >= 0.3 is 0 Å². The molecule has 0 radical (unpaired) electrons. The van der Waals surface area contributed by atoms with Gasteiger partial charge in [0.2, 0.25) is 5.91 Å². The number of carbonyl (C=O) groups excluding carboxylic acids is 2. The van der Waals surface area contributed by atoms with Crippen molar-refractivity contribution in [2.75, 3.05) is 0 Å². The molecule has 4 aromatic rings. The first-order valence-electron chi connectivity index (χ1n) is 11.1. The van der Waals surface area contributed by atoms with Crippen LogP contribution in [0.5, 0.6) is 0 Å². The number of amides is 2. The molecule has 0 saturated heterocycles. The first kappa shape index (κ1) is 22.3. The SMILES string of the molecule is CC(C)C(NC(=O)c1ccccc1)C(=O)NCc1ccc(Cn2cnc3ccccc32)cc1. The van der Waals surface area contributed by atoms with Gasteiger partial charge in [-0.05, 0) is 41.3 Å². The lowest BCUT2D eigenvalue weighted by molar-refractivity contribution is -0.124. The standard InChI is InChI=1S/C27H28N4O2/c1-19(2)25(30-26(32)22-8-4-3-5-9-22)27(33)28-16-20-12-14-21(15-13-20)17-31-18-29-23-10-6-7-11-24(23)31/h3-15,18-19,25H,16-17H2,1-2H3,(H,28,33)(H,30,32). The van der Waals surface area contributed by atoms with Crippen molar-refractivity contribution in [1.82, 2.24) is 20.2 Å². The number of fused-ring (bicyclic) bond motifs is 1. The van der Waals surface area contributed by atoms with E-state index in [9.17, 15) is 9.59 Å². The van der Waals surface area contributed by atoms with Gasteiger partial charge in [0.25, 0.3) is 5.91 Å². The van der Waals surface area contributed by atoms with Gasteiger partial charge in [-0.2, -0.15) is 0 Å². The topological polar surface area (TPSA) is 76.0 Å². The van der Waals surface area contributed by atoms with Crippen LogP contribution < -0.4 is 10.6 Å². The van der Waals surface area contributed by atoms with Gasteiger partial charge < -0.3 is 15.2 Å². The smallest absolute Gasteiger partial charge is 0.251 e. The van der Waals surface area contributed by atoms with Crippen LogP contribution in [0.3, 0.4) is 0 Å². The van der Waals surface area contributed by atoms with Gasteiger partial charge in [0, 0.05) is 18.7 Å². The summed E-state index contributed by atoms with van der Waals surface area (Å²) in [5, 5.41) is 5.82. The van der Waals surface area contributed by atoms with Gasteiger partial charge in [-0.25, -0.2) is 4.98 Å².